The van der Waals surface area contributed by atoms with Crippen molar-refractivity contribution in [3.63, 3.8) is 0 Å². The Morgan fingerprint density at radius 3 is 2.67 bits per heavy atom. The third-order valence-corrected chi connectivity index (χ3v) is 6.87. The first kappa shape index (κ1) is 20.0. The molecule has 0 radical (unpaired) electrons. The fourth-order valence-electron chi connectivity index (χ4n) is 2.91. The van der Waals surface area contributed by atoms with Gasteiger partial charge >= 0.3 is 0 Å². The molecule has 1 saturated heterocycles. The minimum atomic E-state index is -3.20. The van der Waals surface area contributed by atoms with E-state index >= 15 is 0 Å². The van der Waals surface area contributed by atoms with Gasteiger partial charge < -0.3 is 4.90 Å². The summed E-state index contributed by atoms with van der Waals surface area (Å²) in [5, 5.41) is 0.492. The second-order valence-corrected chi connectivity index (χ2v) is 9.58. The largest absolute Gasteiger partial charge is 0.329 e. The molecule has 2 heterocycles. The fraction of sp³-hybridized carbons (Fsp3) is 0.353. The number of benzene rings is 1. The Morgan fingerprint density at radius 1 is 1.37 bits per heavy atom. The number of amides is 1. The molecule has 1 fully saturated rings. The molecule has 1 aromatic heterocycles. The Balaban J connectivity index is 1.96. The van der Waals surface area contributed by atoms with Crippen LogP contribution in [0.2, 0.25) is 5.02 Å². The van der Waals surface area contributed by atoms with Gasteiger partial charge in [0.15, 0.2) is 20.7 Å². The molecule has 10 heteroatoms. The Labute approximate surface area is 166 Å². The van der Waals surface area contributed by atoms with E-state index in [-0.39, 0.29) is 34.6 Å². The van der Waals surface area contributed by atoms with Crippen molar-refractivity contribution in [1.82, 2.24) is 14.9 Å². The first-order valence-electron chi connectivity index (χ1n) is 8.11. The molecule has 1 amide bonds. The van der Waals surface area contributed by atoms with Crippen LogP contribution >= 0.6 is 23.4 Å². The normalized spacial score (nSPS) is 18.4. The highest BCUT2D eigenvalue weighted by Crippen LogP contribution is 2.25. The van der Waals surface area contributed by atoms with Gasteiger partial charge in [-0.3, -0.25) is 4.79 Å². The van der Waals surface area contributed by atoms with Crippen molar-refractivity contribution in [2.45, 2.75) is 24.2 Å². The van der Waals surface area contributed by atoms with E-state index in [0.717, 1.165) is 0 Å². The molecular formula is C17H17ClFN3O3S2. The van der Waals surface area contributed by atoms with Gasteiger partial charge in [-0.25, -0.2) is 22.8 Å². The van der Waals surface area contributed by atoms with E-state index in [0.29, 0.717) is 17.1 Å². The molecule has 27 heavy (non-hydrogen) atoms. The summed E-state index contributed by atoms with van der Waals surface area (Å²) in [5.41, 5.74) is 0.715. The summed E-state index contributed by atoms with van der Waals surface area (Å²) in [4.78, 5) is 22.9. The fourth-order valence-corrected chi connectivity index (χ4v) is 5.15. The van der Waals surface area contributed by atoms with Crippen molar-refractivity contribution in [3.8, 4) is 0 Å². The van der Waals surface area contributed by atoms with Crippen LogP contribution in [0.5, 0.6) is 0 Å². The lowest BCUT2D eigenvalue weighted by Crippen LogP contribution is -2.41. The molecule has 0 N–H and O–H groups in total. The van der Waals surface area contributed by atoms with Crippen molar-refractivity contribution in [3.05, 3.63) is 52.6 Å². The first-order valence-corrected chi connectivity index (χ1v) is 11.5. The smallest absolute Gasteiger partial charge is 0.274 e. The molecule has 1 aromatic carbocycles. The maximum Gasteiger partial charge on any atom is 0.274 e. The van der Waals surface area contributed by atoms with Crippen molar-refractivity contribution >= 4 is 39.1 Å². The summed E-state index contributed by atoms with van der Waals surface area (Å²) in [6.07, 6.45) is 3.47. The average Bonchev–Trinajstić information content (AvgIpc) is 3.00. The van der Waals surface area contributed by atoms with Crippen molar-refractivity contribution < 1.29 is 17.6 Å². The maximum absolute atomic E-state index is 13.2. The topological polar surface area (TPSA) is 80.2 Å². The highest BCUT2D eigenvalue weighted by molar-refractivity contribution is 7.98. The van der Waals surface area contributed by atoms with E-state index in [1.807, 2.05) is 0 Å². The molecule has 1 aliphatic heterocycles. The minimum absolute atomic E-state index is 0.0262. The number of rotatable bonds is 5. The van der Waals surface area contributed by atoms with Crippen LogP contribution in [0.3, 0.4) is 0 Å². The third kappa shape index (κ3) is 4.77. The molecule has 0 bridgehead atoms. The number of carbonyl (C=O) groups is 1. The molecule has 6 nitrogen and oxygen atoms in total. The molecule has 144 valence electrons. The number of carbonyl (C=O) groups excluding carboxylic acids is 1. The highest BCUT2D eigenvalue weighted by atomic mass is 35.5. The molecule has 0 saturated carbocycles. The number of nitrogens with zero attached hydrogens (tertiary/aromatic N) is 3. The minimum Gasteiger partial charge on any atom is -0.329 e. The zero-order chi connectivity index (χ0) is 19.6. The first-order chi connectivity index (χ1) is 12.8. The Bertz CT molecular complexity index is 954. The van der Waals surface area contributed by atoms with Gasteiger partial charge in [-0.1, -0.05) is 35.5 Å². The molecule has 0 aliphatic carbocycles. The second kappa shape index (κ2) is 8.12. The zero-order valence-electron chi connectivity index (χ0n) is 14.4. The lowest BCUT2D eigenvalue weighted by Gasteiger charge is -2.28. The van der Waals surface area contributed by atoms with E-state index in [1.165, 1.54) is 35.0 Å². The predicted octanol–water partition coefficient (Wildman–Crippen LogP) is 2.82. The second-order valence-electron chi connectivity index (χ2n) is 6.17. The third-order valence-electron chi connectivity index (χ3n) is 4.28. The Kier molecular flexibility index (Phi) is 6.02. The van der Waals surface area contributed by atoms with Gasteiger partial charge in [0.2, 0.25) is 0 Å². The van der Waals surface area contributed by atoms with E-state index in [4.69, 9.17) is 11.6 Å². The van der Waals surface area contributed by atoms with Crippen molar-refractivity contribution in [2.24, 2.45) is 0 Å². The molecule has 2 aromatic rings. The van der Waals surface area contributed by atoms with E-state index in [2.05, 4.69) is 9.97 Å². The van der Waals surface area contributed by atoms with Crippen LogP contribution in [0, 0.1) is 5.82 Å². The standard InChI is InChI=1S/C17H17ClFN3O3S2/c1-26-17-20-8-14(18)15(21-17)16(23)22(13-6-7-27(24,25)10-13)9-11-2-4-12(19)5-3-11/h2-5,8,13H,6-7,9-10H2,1H3/t13-/m1/s1. The van der Waals surface area contributed by atoms with E-state index < -0.39 is 21.8 Å². The number of hydrogen-bond acceptors (Lipinski definition) is 6. The monoisotopic (exact) mass is 429 g/mol. The Hall–Kier alpha value is -1.71. The summed E-state index contributed by atoms with van der Waals surface area (Å²) in [6.45, 7) is 0.133. The molecule has 1 aliphatic rings. The maximum atomic E-state index is 13.2. The summed E-state index contributed by atoms with van der Waals surface area (Å²) < 4.78 is 37.0. The van der Waals surface area contributed by atoms with E-state index in [1.54, 1.807) is 18.4 Å². The molecule has 0 spiro atoms. The molecular weight excluding hydrogens is 413 g/mol. The SMILES string of the molecule is CSc1ncc(Cl)c(C(=O)N(Cc2ccc(F)cc2)[C@@H]2CCS(=O)(=O)C2)n1. The van der Waals surface area contributed by atoms with Gasteiger partial charge in [0.25, 0.3) is 5.91 Å². The van der Waals surface area contributed by atoms with Crippen LogP contribution in [-0.4, -0.2) is 53.0 Å². The Morgan fingerprint density at radius 2 is 2.07 bits per heavy atom. The van der Waals surface area contributed by atoms with Gasteiger partial charge in [-0.2, -0.15) is 0 Å². The lowest BCUT2D eigenvalue weighted by atomic mass is 10.1. The lowest BCUT2D eigenvalue weighted by molar-refractivity contribution is 0.0674. The highest BCUT2D eigenvalue weighted by Gasteiger charge is 2.36. The number of thioether (sulfide) groups is 1. The van der Waals surface area contributed by atoms with Crippen LogP contribution < -0.4 is 0 Å². The zero-order valence-corrected chi connectivity index (χ0v) is 16.8. The number of aromatic nitrogens is 2. The quantitative estimate of drug-likeness (QED) is 0.537. The summed E-state index contributed by atoms with van der Waals surface area (Å²) >= 11 is 7.40. The molecule has 3 rings (SSSR count). The summed E-state index contributed by atoms with van der Waals surface area (Å²) in [6, 6.07) is 5.23. The van der Waals surface area contributed by atoms with E-state index in [9.17, 15) is 17.6 Å². The van der Waals surface area contributed by atoms with Crippen LogP contribution in [0.15, 0.2) is 35.6 Å². The van der Waals surface area contributed by atoms with Gasteiger partial charge in [-0.15, -0.1) is 0 Å². The van der Waals surface area contributed by atoms with Crippen molar-refractivity contribution in [2.75, 3.05) is 17.8 Å². The van der Waals surface area contributed by atoms with Gasteiger partial charge in [0.05, 0.1) is 22.7 Å². The number of halogens is 2. The van der Waals surface area contributed by atoms with Gasteiger partial charge in [-0.05, 0) is 30.4 Å². The van der Waals surface area contributed by atoms with Crippen LogP contribution in [0.4, 0.5) is 4.39 Å². The average molecular weight is 430 g/mol. The summed E-state index contributed by atoms with van der Waals surface area (Å²) in [5.74, 6) is -0.941. The van der Waals surface area contributed by atoms with Crippen LogP contribution in [0.1, 0.15) is 22.5 Å². The van der Waals surface area contributed by atoms with Gasteiger partial charge in [0, 0.05) is 12.6 Å². The van der Waals surface area contributed by atoms with Crippen molar-refractivity contribution in [1.29, 1.82) is 0 Å². The van der Waals surface area contributed by atoms with Crippen LogP contribution in [0.25, 0.3) is 0 Å². The predicted molar refractivity (Wildman–Crippen MR) is 102 cm³/mol. The summed E-state index contributed by atoms with van der Waals surface area (Å²) in [7, 11) is -3.20. The molecule has 0 unspecified atom stereocenters. The van der Waals surface area contributed by atoms with Gasteiger partial charge in [0.1, 0.15) is 5.82 Å². The van der Waals surface area contributed by atoms with Crippen LogP contribution in [-0.2, 0) is 16.4 Å². The number of hydrogen-bond donors (Lipinski definition) is 0. The number of sulfone groups is 1. The molecule has 1 atom stereocenters.